The van der Waals surface area contributed by atoms with Crippen LogP contribution in [0.4, 0.5) is 4.79 Å². The van der Waals surface area contributed by atoms with Crippen LogP contribution in [-0.4, -0.2) is 23.8 Å². The highest BCUT2D eigenvalue weighted by Crippen LogP contribution is 2.21. The van der Waals surface area contributed by atoms with Crippen LogP contribution in [0.5, 0.6) is 0 Å². The van der Waals surface area contributed by atoms with Crippen molar-refractivity contribution in [2.75, 3.05) is 0 Å². The van der Waals surface area contributed by atoms with Crippen LogP contribution in [0.1, 0.15) is 39.2 Å². The molecule has 1 aliphatic carbocycles. The molecule has 0 bridgehead atoms. The van der Waals surface area contributed by atoms with Crippen LogP contribution >= 0.6 is 11.6 Å². The number of hydrogen-bond donors (Lipinski definition) is 2. The zero-order valence-electron chi connectivity index (χ0n) is 12.8. The average molecular weight is 311 g/mol. The van der Waals surface area contributed by atoms with Crippen LogP contribution < -0.4 is 10.6 Å². The van der Waals surface area contributed by atoms with E-state index in [0.717, 1.165) is 24.4 Å². The maximum atomic E-state index is 11.6. The van der Waals surface area contributed by atoms with Crippen LogP contribution in [0, 0.1) is 0 Å². The molecule has 5 heteroatoms. The second-order valence-electron chi connectivity index (χ2n) is 6.52. The Morgan fingerprint density at radius 3 is 2.67 bits per heavy atom. The summed E-state index contributed by atoms with van der Waals surface area (Å²) in [6, 6.07) is 8.47. The highest BCUT2D eigenvalue weighted by molar-refractivity contribution is 6.30. The number of benzene rings is 1. The number of rotatable bonds is 4. The summed E-state index contributed by atoms with van der Waals surface area (Å²) in [5.41, 5.74) is 0.726. The summed E-state index contributed by atoms with van der Waals surface area (Å²) in [6.07, 6.45) is 1.53. The number of halogens is 1. The van der Waals surface area contributed by atoms with E-state index in [2.05, 4.69) is 10.6 Å². The molecule has 2 N–H and O–H groups in total. The van der Waals surface area contributed by atoms with Crippen molar-refractivity contribution in [3.05, 3.63) is 34.9 Å². The lowest BCUT2D eigenvalue weighted by atomic mass is 9.87. The van der Waals surface area contributed by atoms with Crippen LogP contribution in [0.3, 0.4) is 0 Å². The lowest BCUT2D eigenvalue weighted by Gasteiger charge is -2.36. The molecule has 4 nitrogen and oxygen atoms in total. The van der Waals surface area contributed by atoms with Gasteiger partial charge >= 0.3 is 6.09 Å². The van der Waals surface area contributed by atoms with Gasteiger partial charge in [-0.2, -0.15) is 0 Å². The summed E-state index contributed by atoms with van der Waals surface area (Å²) in [7, 11) is 0. The number of ether oxygens (including phenoxy) is 1. The highest BCUT2D eigenvalue weighted by atomic mass is 35.5. The van der Waals surface area contributed by atoms with Crippen LogP contribution in [-0.2, 0) is 11.3 Å². The maximum absolute atomic E-state index is 11.6. The topological polar surface area (TPSA) is 50.4 Å². The molecule has 0 aliphatic heterocycles. The average Bonchev–Trinajstić information content (AvgIpc) is 2.29. The first-order valence-corrected chi connectivity index (χ1v) is 7.67. The predicted octanol–water partition coefficient (Wildman–Crippen LogP) is 3.49. The van der Waals surface area contributed by atoms with Gasteiger partial charge in [-0.3, -0.25) is 0 Å². The fourth-order valence-corrected chi connectivity index (χ4v) is 2.50. The molecule has 0 atom stereocenters. The maximum Gasteiger partial charge on any atom is 0.407 e. The first-order chi connectivity index (χ1) is 9.82. The molecule has 1 aliphatic rings. The Hall–Kier alpha value is -1.26. The highest BCUT2D eigenvalue weighted by Gasteiger charge is 2.31. The fourth-order valence-electron chi connectivity index (χ4n) is 2.29. The van der Waals surface area contributed by atoms with Crippen LogP contribution in [0.15, 0.2) is 24.3 Å². The number of nitrogens with one attached hydrogen (secondary N) is 2. The van der Waals surface area contributed by atoms with Crippen molar-refractivity contribution in [1.29, 1.82) is 0 Å². The van der Waals surface area contributed by atoms with E-state index in [1.807, 2.05) is 45.0 Å². The lowest BCUT2D eigenvalue weighted by Crippen LogP contribution is -2.52. The fraction of sp³-hybridized carbons (Fsp3) is 0.562. The SMILES string of the molecule is CC(C)(C)OC(=O)NC1CC(NCc2cccc(Cl)c2)C1. The van der Waals surface area contributed by atoms with E-state index in [1.165, 1.54) is 5.56 Å². The van der Waals surface area contributed by atoms with Gasteiger partial charge in [0, 0.05) is 23.7 Å². The van der Waals surface area contributed by atoms with Crippen LogP contribution in [0.25, 0.3) is 0 Å². The monoisotopic (exact) mass is 310 g/mol. The van der Waals surface area contributed by atoms with Gasteiger partial charge in [-0.25, -0.2) is 4.79 Å². The standard InChI is InChI=1S/C16H23ClN2O2/c1-16(2,3)21-15(20)19-14-8-13(9-14)18-10-11-5-4-6-12(17)7-11/h4-7,13-14,18H,8-10H2,1-3H3,(H,19,20). The molecule has 0 aromatic heterocycles. The second kappa shape index (κ2) is 6.67. The summed E-state index contributed by atoms with van der Waals surface area (Å²) in [5, 5.41) is 7.11. The Kier molecular flexibility index (Phi) is 5.12. The Balaban J connectivity index is 1.64. The van der Waals surface area contributed by atoms with E-state index in [4.69, 9.17) is 16.3 Å². The smallest absolute Gasteiger partial charge is 0.407 e. The predicted molar refractivity (Wildman–Crippen MR) is 84.5 cm³/mol. The van der Waals surface area contributed by atoms with Gasteiger partial charge in [-0.05, 0) is 51.3 Å². The molecule has 2 rings (SSSR count). The summed E-state index contributed by atoms with van der Waals surface area (Å²) >= 11 is 5.95. The van der Waals surface area contributed by atoms with Gasteiger partial charge in [0.05, 0.1) is 0 Å². The van der Waals surface area contributed by atoms with Crippen molar-refractivity contribution in [3.8, 4) is 0 Å². The number of amides is 1. The Morgan fingerprint density at radius 2 is 2.05 bits per heavy atom. The minimum Gasteiger partial charge on any atom is -0.444 e. The number of carbonyl (C=O) groups excluding carboxylic acids is 1. The Bertz CT molecular complexity index is 493. The zero-order valence-corrected chi connectivity index (χ0v) is 13.5. The van der Waals surface area contributed by atoms with Crippen molar-refractivity contribution in [2.24, 2.45) is 0 Å². The van der Waals surface area contributed by atoms with Gasteiger partial charge < -0.3 is 15.4 Å². The number of carbonyl (C=O) groups is 1. The molecule has 116 valence electrons. The van der Waals surface area contributed by atoms with Gasteiger partial charge in [0.25, 0.3) is 0 Å². The van der Waals surface area contributed by atoms with Crippen LogP contribution in [0.2, 0.25) is 5.02 Å². The van der Waals surface area contributed by atoms with E-state index in [9.17, 15) is 4.79 Å². The third-order valence-electron chi connectivity index (χ3n) is 3.34. The summed E-state index contributed by atoms with van der Waals surface area (Å²) in [5.74, 6) is 0. The van der Waals surface area contributed by atoms with E-state index in [1.54, 1.807) is 0 Å². The first kappa shape index (κ1) is 16.1. The van der Waals surface area contributed by atoms with Crippen molar-refractivity contribution >= 4 is 17.7 Å². The molecule has 0 unspecified atom stereocenters. The number of hydrogen-bond acceptors (Lipinski definition) is 3. The number of alkyl carbamates (subject to hydrolysis) is 1. The molecule has 0 spiro atoms. The second-order valence-corrected chi connectivity index (χ2v) is 6.96. The lowest BCUT2D eigenvalue weighted by molar-refractivity contribution is 0.0465. The molecule has 21 heavy (non-hydrogen) atoms. The summed E-state index contributed by atoms with van der Waals surface area (Å²) in [6.45, 7) is 6.39. The first-order valence-electron chi connectivity index (χ1n) is 7.29. The van der Waals surface area contributed by atoms with Crippen molar-refractivity contribution in [1.82, 2.24) is 10.6 Å². The van der Waals surface area contributed by atoms with Crippen molar-refractivity contribution < 1.29 is 9.53 Å². The molecule has 1 aromatic carbocycles. The molecule has 1 saturated carbocycles. The Morgan fingerprint density at radius 1 is 1.33 bits per heavy atom. The van der Waals surface area contributed by atoms with Gasteiger partial charge in [0.1, 0.15) is 5.60 Å². The third kappa shape index (κ3) is 5.56. The summed E-state index contributed by atoms with van der Waals surface area (Å²) in [4.78, 5) is 11.6. The zero-order chi connectivity index (χ0) is 15.5. The van der Waals surface area contributed by atoms with E-state index in [-0.39, 0.29) is 12.1 Å². The molecular formula is C16H23ClN2O2. The molecule has 1 fully saturated rings. The van der Waals surface area contributed by atoms with Crippen molar-refractivity contribution in [3.63, 3.8) is 0 Å². The van der Waals surface area contributed by atoms with Gasteiger partial charge in [-0.15, -0.1) is 0 Å². The van der Waals surface area contributed by atoms with E-state index >= 15 is 0 Å². The minimum absolute atomic E-state index is 0.205. The van der Waals surface area contributed by atoms with E-state index < -0.39 is 5.60 Å². The van der Waals surface area contributed by atoms with Gasteiger partial charge in [0.2, 0.25) is 0 Å². The molecule has 0 heterocycles. The molecule has 0 radical (unpaired) electrons. The van der Waals surface area contributed by atoms with Gasteiger partial charge in [0.15, 0.2) is 0 Å². The quantitative estimate of drug-likeness (QED) is 0.895. The molecule has 0 saturated heterocycles. The summed E-state index contributed by atoms with van der Waals surface area (Å²) < 4.78 is 5.24. The van der Waals surface area contributed by atoms with Gasteiger partial charge in [-0.1, -0.05) is 23.7 Å². The third-order valence-corrected chi connectivity index (χ3v) is 3.58. The molecule has 1 amide bonds. The van der Waals surface area contributed by atoms with Crippen molar-refractivity contribution in [2.45, 2.75) is 57.8 Å². The van der Waals surface area contributed by atoms with E-state index in [0.29, 0.717) is 6.04 Å². The Labute approximate surface area is 131 Å². The largest absolute Gasteiger partial charge is 0.444 e. The normalized spacial score (nSPS) is 21.5. The molecule has 1 aromatic rings. The molecular weight excluding hydrogens is 288 g/mol. The minimum atomic E-state index is -0.446.